The quantitative estimate of drug-likeness (QED) is 0.764. The standard InChI is InChI=1S/C9H19N.C6H15N.2Li.2H/c1-8-6-5-7-10(4)9(8,2)3;1-5(2)7-6(3)4;;;;/h8H,5-7H2,1-4H3;5-7H,1-4H3;;;;. The Bertz CT molecular complexity index is 188. The first-order chi connectivity index (χ1) is 7.67. The van der Waals surface area contributed by atoms with Gasteiger partial charge in [0, 0.05) is 17.6 Å². The van der Waals surface area contributed by atoms with E-state index >= 15 is 0 Å². The first-order valence-electron chi connectivity index (χ1n) is 7.15. The molecule has 1 rings (SSSR count). The van der Waals surface area contributed by atoms with E-state index in [1.807, 2.05) is 0 Å². The fourth-order valence-corrected chi connectivity index (χ4v) is 2.32. The predicted molar refractivity (Wildman–Crippen MR) is 92.8 cm³/mol. The Balaban J connectivity index is -0.000000258. The van der Waals surface area contributed by atoms with Gasteiger partial charge in [0.1, 0.15) is 0 Å². The molecule has 19 heavy (non-hydrogen) atoms. The zero-order chi connectivity index (χ0) is 13.6. The molecule has 0 aromatic heterocycles. The van der Waals surface area contributed by atoms with Crippen molar-refractivity contribution in [1.82, 2.24) is 10.2 Å². The molecule has 0 aromatic rings. The predicted octanol–water partition coefficient (Wildman–Crippen LogP) is 2.22. The first-order valence-corrected chi connectivity index (χ1v) is 7.15. The summed E-state index contributed by atoms with van der Waals surface area (Å²) in [5, 5.41) is 3.31. The van der Waals surface area contributed by atoms with E-state index in [2.05, 4.69) is 65.7 Å². The molecule has 4 heteroatoms. The van der Waals surface area contributed by atoms with E-state index in [1.54, 1.807) is 0 Å². The van der Waals surface area contributed by atoms with Crippen molar-refractivity contribution in [2.24, 2.45) is 5.92 Å². The van der Waals surface area contributed by atoms with Gasteiger partial charge in [-0.1, -0.05) is 34.6 Å². The van der Waals surface area contributed by atoms with Crippen LogP contribution in [-0.2, 0) is 0 Å². The van der Waals surface area contributed by atoms with E-state index in [9.17, 15) is 0 Å². The SMILES string of the molecule is CC(C)NC(C)C.CC1CCCN(C)C1(C)C.[LiH].[LiH]. The molecule has 1 heterocycles. The van der Waals surface area contributed by atoms with Crippen molar-refractivity contribution in [3.63, 3.8) is 0 Å². The van der Waals surface area contributed by atoms with E-state index in [-0.39, 0.29) is 37.7 Å². The minimum atomic E-state index is 0. The molecule has 1 aliphatic heterocycles. The molecule has 1 saturated heterocycles. The van der Waals surface area contributed by atoms with E-state index < -0.39 is 0 Å². The normalized spacial score (nSPS) is 22.1. The molecular formula is C15H36Li2N2. The molecule has 0 aliphatic carbocycles. The number of hydrogen-bond acceptors (Lipinski definition) is 2. The topological polar surface area (TPSA) is 15.3 Å². The maximum atomic E-state index is 3.31. The summed E-state index contributed by atoms with van der Waals surface area (Å²) in [7, 11) is 2.23. The molecule has 0 radical (unpaired) electrons. The Hall–Kier alpha value is 1.11. The molecule has 2 nitrogen and oxygen atoms in total. The van der Waals surface area contributed by atoms with Gasteiger partial charge in [-0.2, -0.15) is 0 Å². The van der Waals surface area contributed by atoms with Crippen LogP contribution in [0.2, 0.25) is 0 Å². The summed E-state index contributed by atoms with van der Waals surface area (Å²) < 4.78 is 0. The van der Waals surface area contributed by atoms with Gasteiger partial charge < -0.3 is 10.2 Å². The van der Waals surface area contributed by atoms with Gasteiger partial charge in [-0.25, -0.2) is 0 Å². The van der Waals surface area contributed by atoms with Gasteiger partial charge in [0.25, 0.3) is 0 Å². The van der Waals surface area contributed by atoms with Gasteiger partial charge in [0.05, 0.1) is 0 Å². The van der Waals surface area contributed by atoms with Crippen LogP contribution in [0.4, 0.5) is 0 Å². The van der Waals surface area contributed by atoms with Crippen molar-refractivity contribution in [2.75, 3.05) is 13.6 Å². The molecule has 0 spiro atoms. The van der Waals surface area contributed by atoms with Crippen molar-refractivity contribution in [1.29, 1.82) is 0 Å². The number of hydrogen-bond donors (Lipinski definition) is 1. The fourth-order valence-electron chi connectivity index (χ4n) is 2.32. The molecule has 1 atom stereocenters. The van der Waals surface area contributed by atoms with Crippen molar-refractivity contribution < 1.29 is 0 Å². The Morgan fingerprint density at radius 2 is 1.47 bits per heavy atom. The Kier molecular flexibility index (Phi) is 15.5. The van der Waals surface area contributed by atoms with Crippen molar-refractivity contribution in [3.8, 4) is 0 Å². The van der Waals surface area contributed by atoms with Crippen LogP contribution in [0.25, 0.3) is 0 Å². The van der Waals surface area contributed by atoms with E-state index in [0.717, 1.165) is 5.92 Å². The van der Waals surface area contributed by atoms with Gasteiger partial charge in [0.2, 0.25) is 0 Å². The van der Waals surface area contributed by atoms with Gasteiger partial charge in [-0.15, -0.1) is 0 Å². The third kappa shape index (κ3) is 10.5. The van der Waals surface area contributed by atoms with Crippen LogP contribution in [0, 0.1) is 5.92 Å². The molecule has 1 aliphatic rings. The van der Waals surface area contributed by atoms with Gasteiger partial charge in [0.15, 0.2) is 0 Å². The van der Waals surface area contributed by atoms with E-state index in [1.165, 1.54) is 19.4 Å². The van der Waals surface area contributed by atoms with Crippen LogP contribution < -0.4 is 5.32 Å². The van der Waals surface area contributed by atoms with Gasteiger partial charge in [-0.05, 0) is 46.2 Å². The summed E-state index contributed by atoms with van der Waals surface area (Å²) in [6, 6.07) is 1.25. The first kappa shape index (κ1) is 25.1. The van der Waals surface area contributed by atoms with E-state index in [0.29, 0.717) is 17.6 Å². The molecule has 0 saturated carbocycles. The Morgan fingerprint density at radius 1 is 1.05 bits per heavy atom. The zero-order valence-electron chi connectivity index (χ0n) is 13.3. The summed E-state index contributed by atoms with van der Waals surface area (Å²) in [5.41, 5.74) is 0.429. The summed E-state index contributed by atoms with van der Waals surface area (Å²) in [4.78, 5) is 2.47. The Labute approximate surface area is 146 Å². The fraction of sp³-hybridized carbons (Fsp3) is 1.00. The summed E-state index contributed by atoms with van der Waals surface area (Å²) >= 11 is 0. The molecule has 0 amide bonds. The van der Waals surface area contributed by atoms with Crippen LogP contribution in [0.5, 0.6) is 0 Å². The van der Waals surface area contributed by atoms with Gasteiger partial charge >= 0.3 is 37.7 Å². The summed E-state index contributed by atoms with van der Waals surface area (Å²) in [6.45, 7) is 16.9. The van der Waals surface area contributed by atoms with Crippen LogP contribution in [0.3, 0.4) is 0 Å². The van der Waals surface area contributed by atoms with Crippen LogP contribution in [0.1, 0.15) is 61.3 Å². The summed E-state index contributed by atoms with van der Waals surface area (Å²) in [6.07, 6.45) is 2.78. The third-order valence-corrected chi connectivity index (χ3v) is 3.99. The number of nitrogens with zero attached hydrogens (tertiary/aromatic N) is 1. The zero-order valence-corrected chi connectivity index (χ0v) is 13.3. The molecule has 0 bridgehead atoms. The second kappa shape index (κ2) is 11.7. The van der Waals surface area contributed by atoms with Gasteiger partial charge in [-0.3, -0.25) is 0 Å². The Morgan fingerprint density at radius 3 is 1.68 bits per heavy atom. The van der Waals surface area contributed by atoms with Crippen molar-refractivity contribution >= 4 is 37.7 Å². The average Bonchev–Trinajstić information content (AvgIpc) is 2.13. The number of nitrogens with one attached hydrogen (secondary N) is 1. The average molecular weight is 258 g/mol. The number of likely N-dealkylation sites (tertiary alicyclic amines) is 1. The number of rotatable bonds is 2. The molecular weight excluding hydrogens is 222 g/mol. The number of piperidine rings is 1. The van der Waals surface area contributed by atoms with Crippen molar-refractivity contribution in [3.05, 3.63) is 0 Å². The van der Waals surface area contributed by atoms with Crippen LogP contribution in [0.15, 0.2) is 0 Å². The second-order valence-electron chi connectivity index (χ2n) is 6.59. The van der Waals surface area contributed by atoms with Crippen LogP contribution in [-0.4, -0.2) is 73.8 Å². The monoisotopic (exact) mass is 258 g/mol. The van der Waals surface area contributed by atoms with Crippen molar-refractivity contribution in [2.45, 2.75) is 78.9 Å². The molecule has 108 valence electrons. The molecule has 0 aromatic carbocycles. The maximum absolute atomic E-state index is 3.31. The molecule has 1 fully saturated rings. The third-order valence-electron chi connectivity index (χ3n) is 3.99. The molecule has 1 unspecified atom stereocenters. The van der Waals surface area contributed by atoms with Crippen LogP contribution >= 0.6 is 0 Å². The second-order valence-corrected chi connectivity index (χ2v) is 6.59. The summed E-state index contributed by atoms with van der Waals surface area (Å²) in [5.74, 6) is 0.853. The van der Waals surface area contributed by atoms with E-state index in [4.69, 9.17) is 0 Å². The minimum absolute atomic E-state index is 0. The molecule has 1 N–H and O–H groups in total.